The van der Waals surface area contributed by atoms with Gasteiger partial charge in [-0.15, -0.1) is 0 Å². The number of benzene rings is 1. The summed E-state index contributed by atoms with van der Waals surface area (Å²) in [6, 6.07) is 5.09. The summed E-state index contributed by atoms with van der Waals surface area (Å²) in [4.78, 5) is 3.61. The number of hydrogen-bond acceptors (Lipinski definition) is 3. The monoisotopic (exact) mass is 280 g/mol. The van der Waals surface area contributed by atoms with Gasteiger partial charge in [-0.25, -0.2) is 8.42 Å². The molecule has 0 saturated carbocycles. The molecule has 2 aromatic rings. The Balaban J connectivity index is 2.66. The molecular formula is C14H20N2O2S. The first kappa shape index (κ1) is 14.1. The van der Waals surface area contributed by atoms with Crippen molar-refractivity contribution in [3.8, 4) is 0 Å². The lowest BCUT2D eigenvalue weighted by Crippen LogP contribution is -2.10. The molecule has 3 N–H and O–H groups in total. The number of fused-ring (bicyclic) bond motifs is 1. The minimum Gasteiger partial charge on any atom is -0.358 e. The third-order valence-corrected chi connectivity index (χ3v) is 4.52. The van der Waals surface area contributed by atoms with E-state index in [2.05, 4.69) is 11.9 Å². The number of nitrogens with one attached hydrogen (secondary N) is 1. The van der Waals surface area contributed by atoms with Gasteiger partial charge in [-0.3, -0.25) is 0 Å². The predicted molar refractivity (Wildman–Crippen MR) is 78.0 cm³/mol. The normalized spacial score (nSPS) is 13.9. The Morgan fingerprint density at radius 1 is 1.37 bits per heavy atom. The number of aryl methyl sites for hydroxylation is 1. The van der Waals surface area contributed by atoms with Crippen LogP contribution in [-0.2, 0) is 9.84 Å². The fourth-order valence-corrected chi connectivity index (χ4v) is 3.14. The van der Waals surface area contributed by atoms with Gasteiger partial charge in [-0.1, -0.05) is 13.3 Å². The topological polar surface area (TPSA) is 76.0 Å². The van der Waals surface area contributed by atoms with Crippen LogP contribution in [0.1, 0.15) is 37.1 Å². The summed E-state index contributed by atoms with van der Waals surface area (Å²) in [5.41, 5.74) is 9.19. The van der Waals surface area contributed by atoms with Crippen molar-refractivity contribution in [3.63, 3.8) is 0 Å². The lowest BCUT2D eigenvalue weighted by Gasteiger charge is -2.11. The molecule has 5 heteroatoms. The molecule has 0 aliphatic heterocycles. The zero-order chi connectivity index (χ0) is 14.2. The number of nitrogens with two attached hydrogens (primary N) is 1. The van der Waals surface area contributed by atoms with E-state index in [9.17, 15) is 8.42 Å². The zero-order valence-corrected chi connectivity index (χ0v) is 12.3. The van der Waals surface area contributed by atoms with Crippen LogP contribution < -0.4 is 5.73 Å². The highest BCUT2D eigenvalue weighted by molar-refractivity contribution is 7.90. The summed E-state index contributed by atoms with van der Waals surface area (Å²) >= 11 is 0. The average Bonchev–Trinajstić information content (AvgIpc) is 2.62. The number of sulfone groups is 1. The Morgan fingerprint density at radius 2 is 2.05 bits per heavy atom. The van der Waals surface area contributed by atoms with E-state index in [4.69, 9.17) is 5.73 Å². The highest BCUT2D eigenvalue weighted by Crippen LogP contribution is 2.30. The first-order valence-electron chi connectivity index (χ1n) is 6.42. The molecule has 0 bridgehead atoms. The van der Waals surface area contributed by atoms with Crippen molar-refractivity contribution in [2.24, 2.45) is 5.73 Å². The van der Waals surface area contributed by atoms with Crippen LogP contribution in [0.15, 0.2) is 23.1 Å². The van der Waals surface area contributed by atoms with Crippen LogP contribution in [-0.4, -0.2) is 19.7 Å². The lowest BCUT2D eigenvalue weighted by molar-refractivity contribution is 0.602. The van der Waals surface area contributed by atoms with Crippen LogP contribution in [0, 0.1) is 6.92 Å². The summed E-state index contributed by atoms with van der Waals surface area (Å²) in [7, 11) is -3.19. The number of H-pyrrole nitrogens is 1. The maximum atomic E-state index is 11.6. The van der Waals surface area contributed by atoms with Crippen LogP contribution in [0.2, 0.25) is 0 Å². The van der Waals surface area contributed by atoms with Crippen molar-refractivity contribution in [1.82, 2.24) is 4.98 Å². The fraction of sp³-hybridized carbons (Fsp3) is 0.429. The second kappa shape index (κ2) is 4.98. The molecule has 0 saturated heterocycles. The first-order chi connectivity index (χ1) is 8.84. The Kier molecular flexibility index (Phi) is 3.69. The van der Waals surface area contributed by atoms with Gasteiger partial charge >= 0.3 is 0 Å². The van der Waals surface area contributed by atoms with Gasteiger partial charge in [0.05, 0.1) is 4.90 Å². The molecule has 0 aliphatic rings. The van der Waals surface area contributed by atoms with E-state index in [1.165, 1.54) is 6.26 Å². The first-order valence-corrected chi connectivity index (χ1v) is 8.31. The van der Waals surface area contributed by atoms with E-state index in [0.717, 1.165) is 35.0 Å². The molecule has 1 atom stereocenters. The number of hydrogen-bond donors (Lipinski definition) is 2. The summed E-state index contributed by atoms with van der Waals surface area (Å²) in [6.45, 7) is 4.07. The summed E-state index contributed by atoms with van der Waals surface area (Å²) < 4.78 is 23.3. The lowest BCUT2D eigenvalue weighted by atomic mass is 10.00. The second-order valence-corrected chi connectivity index (χ2v) is 7.05. The molecular weight excluding hydrogens is 260 g/mol. The molecule has 1 aromatic heterocycles. The molecule has 0 amide bonds. The van der Waals surface area contributed by atoms with E-state index < -0.39 is 9.84 Å². The van der Waals surface area contributed by atoms with Gasteiger partial charge < -0.3 is 10.7 Å². The van der Waals surface area contributed by atoms with Gasteiger partial charge in [-0.2, -0.15) is 0 Å². The third kappa shape index (κ3) is 2.67. The summed E-state index contributed by atoms with van der Waals surface area (Å²) in [6.07, 6.45) is 3.11. The maximum absolute atomic E-state index is 11.6. The molecule has 4 nitrogen and oxygen atoms in total. The van der Waals surface area contributed by atoms with Crippen molar-refractivity contribution in [2.75, 3.05) is 6.26 Å². The molecule has 0 aliphatic carbocycles. The largest absolute Gasteiger partial charge is 0.358 e. The Morgan fingerprint density at radius 3 is 2.63 bits per heavy atom. The van der Waals surface area contributed by atoms with Crippen molar-refractivity contribution >= 4 is 20.7 Å². The van der Waals surface area contributed by atoms with Crippen LogP contribution in [0.4, 0.5) is 0 Å². The number of aromatic amines is 1. The molecule has 104 valence electrons. The van der Waals surface area contributed by atoms with Gasteiger partial charge in [0.25, 0.3) is 0 Å². The molecule has 0 radical (unpaired) electrons. The predicted octanol–water partition coefficient (Wildman–Crippen LogP) is 2.68. The van der Waals surface area contributed by atoms with E-state index in [1.54, 1.807) is 18.2 Å². The average molecular weight is 280 g/mol. The standard InChI is InChI=1S/C14H20N2O2S/c1-4-5-12(15)14-9(2)16-13-7-6-10(8-11(13)14)19(3,17)18/h6-8,12,16H,4-5,15H2,1-3H3. The minimum absolute atomic E-state index is 0.0615. The van der Waals surface area contributed by atoms with Crippen LogP contribution in [0.3, 0.4) is 0 Å². The minimum atomic E-state index is -3.19. The Bertz CT molecular complexity index is 702. The molecule has 0 spiro atoms. The SMILES string of the molecule is CCCC(N)c1c(C)[nH]c2ccc(S(C)(=O)=O)cc12. The van der Waals surface area contributed by atoms with Gasteiger partial charge in [0.2, 0.25) is 0 Å². The summed E-state index contributed by atoms with van der Waals surface area (Å²) in [5, 5.41) is 0.918. The maximum Gasteiger partial charge on any atom is 0.175 e. The zero-order valence-electron chi connectivity index (χ0n) is 11.5. The number of rotatable bonds is 4. The van der Waals surface area contributed by atoms with Crippen molar-refractivity contribution in [2.45, 2.75) is 37.6 Å². The van der Waals surface area contributed by atoms with Gasteiger partial charge in [0, 0.05) is 28.9 Å². The third-order valence-electron chi connectivity index (χ3n) is 3.41. The molecule has 19 heavy (non-hydrogen) atoms. The van der Waals surface area contributed by atoms with E-state index >= 15 is 0 Å². The van der Waals surface area contributed by atoms with Gasteiger partial charge in [-0.05, 0) is 37.1 Å². The molecule has 1 heterocycles. The highest BCUT2D eigenvalue weighted by Gasteiger charge is 2.17. The van der Waals surface area contributed by atoms with E-state index in [1.807, 2.05) is 6.92 Å². The smallest absolute Gasteiger partial charge is 0.175 e. The van der Waals surface area contributed by atoms with E-state index in [-0.39, 0.29) is 6.04 Å². The molecule has 1 aromatic carbocycles. The van der Waals surface area contributed by atoms with Crippen molar-refractivity contribution in [3.05, 3.63) is 29.5 Å². The van der Waals surface area contributed by atoms with Gasteiger partial charge in [0.15, 0.2) is 9.84 Å². The van der Waals surface area contributed by atoms with Crippen LogP contribution >= 0.6 is 0 Å². The van der Waals surface area contributed by atoms with E-state index in [0.29, 0.717) is 4.90 Å². The van der Waals surface area contributed by atoms with Crippen LogP contribution in [0.5, 0.6) is 0 Å². The Hall–Kier alpha value is -1.33. The van der Waals surface area contributed by atoms with Crippen molar-refractivity contribution in [1.29, 1.82) is 0 Å². The number of aromatic nitrogens is 1. The second-order valence-electron chi connectivity index (χ2n) is 5.04. The fourth-order valence-electron chi connectivity index (χ4n) is 2.49. The highest BCUT2D eigenvalue weighted by atomic mass is 32.2. The quantitative estimate of drug-likeness (QED) is 0.904. The van der Waals surface area contributed by atoms with Crippen LogP contribution in [0.25, 0.3) is 10.9 Å². The summed E-state index contributed by atoms with van der Waals surface area (Å²) in [5.74, 6) is 0. The Labute approximate surface area is 113 Å². The molecule has 2 rings (SSSR count). The molecule has 1 unspecified atom stereocenters. The van der Waals surface area contributed by atoms with Crippen molar-refractivity contribution < 1.29 is 8.42 Å². The molecule has 0 fully saturated rings. The van der Waals surface area contributed by atoms with Gasteiger partial charge in [0.1, 0.15) is 0 Å².